The molecular weight excluding hydrogens is 378 g/mol. The number of aromatic hydroxyl groups is 1. The maximum Gasteiger partial charge on any atom is 0.329 e. The van der Waals surface area contributed by atoms with Crippen LogP contribution in [0.2, 0.25) is 0 Å². The highest BCUT2D eigenvalue weighted by Gasteiger charge is 2.13. The highest BCUT2D eigenvalue weighted by Crippen LogP contribution is 2.20. The zero-order valence-corrected chi connectivity index (χ0v) is 14.2. The highest BCUT2D eigenvalue weighted by molar-refractivity contribution is 9.10. The van der Waals surface area contributed by atoms with Gasteiger partial charge in [0.2, 0.25) is 0 Å². The molecule has 3 N–H and O–H groups in total. The number of hydrogen-bond donors (Lipinski definition) is 3. The van der Waals surface area contributed by atoms with E-state index in [0.717, 1.165) is 4.47 Å². The van der Waals surface area contributed by atoms with Crippen molar-refractivity contribution in [1.82, 2.24) is 5.43 Å². The molecule has 0 bridgehead atoms. The van der Waals surface area contributed by atoms with Crippen LogP contribution in [-0.4, -0.2) is 30.2 Å². The molecule has 8 heteroatoms. The van der Waals surface area contributed by atoms with Gasteiger partial charge in [0.15, 0.2) is 0 Å². The Morgan fingerprint density at radius 2 is 2.00 bits per heavy atom. The van der Waals surface area contributed by atoms with Gasteiger partial charge in [0, 0.05) is 21.8 Å². The Kier molecular flexibility index (Phi) is 5.91. The lowest BCUT2D eigenvalue weighted by Gasteiger charge is -2.06. The number of carbonyl (C=O) groups is 2. The molecule has 2 rings (SSSR count). The van der Waals surface area contributed by atoms with Crippen molar-refractivity contribution in [2.45, 2.75) is 0 Å². The van der Waals surface area contributed by atoms with E-state index in [9.17, 15) is 14.7 Å². The van der Waals surface area contributed by atoms with Crippen LogP contribution < -0.4 is 15.5 Å². The molecule has 0 atom stereocenters. The summed E-state index contributed by atoms with van der Waals surface area (Å²) in [6, 6.07) is 11.3. The van der Waals surface area contributed by atoms with Crippen molar-refractivity contribution in [3.63, 3.8) is 0 Å². The zero-order valence-electron chi connectivity index (χ0n) is 12.6. The van der Waals surface area contributed by atoms with Crippen molar-refractivity contribution >= 4 is 39.6 Å². The second kappa shape index (κ2) is 8.11. The summed E-state index contributed by atoms with van der Waals surface area (Å²) in [4.78, 5) is 23.5. The number of hydrazone groups is 1. The van der Waals surface area contributed by atoms with Crippen molar-refractivity contribution in [2.24, 2.45) is 5.10 Å². The van der Waals surface area contributed by atoms with Crippen LogP contribution in [0, 0.1) is 0 Å². The molecule has 0 saturated carbocycles. The van der Waals surface area contributed by atoms with Crippen LogP contribution in [0.4, 0.5) is 5.69 Å². The highest BCUT2D eigenvalue weighted by atomic mass is 79.9. The summed E-state index contributed by atoms with van der Waals surface area (Å²) in [5, 5.41) is 15.7. The molecule has 0 saturated heterocycles. The van der Waals surface area contributed by atoms with Gasteiger partial charge in [0.05, 0.1) is 13.3 Å². The summed E-state index contributed by atoms with van der Waals surface area (Å²) in [5.41, 5.74) is 2.89. The number of methoxy groups -OCH3 is 1. The molecule has 0 radical (unpaired) electrons. The Labute approximate surface area is 146 Å². The van der Waals surface area contributed by atoms with Crippen molar-refractivity contribution in [2.75, 3.05) is 12.4 Å². The maximum absolute atomic E-state index is 11.8. The van der Waals surface area contributed by atoms with Gasteiger partial charge >= 0.3 is 11.8 Å². The van der Waals surface area contributed by atoms with E-state index in [-0.39, 0.29) is 5.75 Å². The number of ether oxygens (including phenoxy) is 1. The second-order valence-corrected chi connectivity index (χ2v) is 5.50. The predicted molar refractivity (Wildman–Crippen MR) is 93.2 cm³/mol. The third kappa shape index (κ3) is 4.82. The third-order valence-electron chi connectivity index (χ3n) is 2.89. The standard InChI is InChI=1S/C16H14BrN3O4/c1-24-13-4-2-3-12(8-13)19-15(22)16(23)20-18-9-10-7-11(17)5-6-14(10)21/h2-9,21H,1H3,(H,19,22)(H,20,23). The van der Waals surface area contributed by atoms with Crippen LogP contribution in [0.3, 0.4) is 0 Å². The summed E-state index contributed by atoms with van der Waals surface area (Å²) in [7, 11) is 1.50. The van der Waals surface area contributed by atoms with Crippen molar-refractivity contribution in [3.8, 4) is 11.5 Å². The molecular formula is C16H14BrN3O4. The van der Waals surface area contributed by atoms with Crippen LogP contribution >= 0.6 is 15.9 Å². The summed E-state index contributed by atoms with van der Waals surface area (Å²) in [5.74, 6) is -1.27. The van der Waals surface area contributed by atoms with E-state index in [4.69, 9.17) is 4.74 Å². The molecule has 24 heavy (non-hydrogen) atoms. The number of amides is 2. The Bertz CT molecular complexity index is 793. The van der Waals surface area contributed by atoms with Gasteiger partial charge in [-0.1, -0.05) is 22.0 Å². The number of carbonyl (C=O) groups excluding carboxylic acids is 2. The molecule has 0 unspecified atom stereocenters. The first-order chi connectivity index (χ1) is 11.5. The fourth-order valence-electron chi connectivity index (χ4n) is 1.73. The molecule has 2 aromatic carbocycles. The van der Waals surface area contributed by atoms with E-state index in [2.05, 4.69) is 31.8 Å². The molecule has 7 nitrogen and oxygen atoms in total. The lowest BCUT2D eigenvalue weighted by Crippen LogP contribution is -2.32. The molecule has 0 fully saturated rings. The maximum atomic E-state index is 11.8. The average Bonchev–Trinajstić information content (AvgIpc) is 2.58. The smallest absolute Gasteiger partial charge is 0.329 e. The molecule has 0 heterocycles. The molecule has 2 amide bonds. The van der Waals surface area contributed by atoms with E-state index in [1.807, 2.05) is 0 Å². The van der Waals surface area contributed by atoms with Gasteiger partial charge < -0.3 is 15.2 Å². The third-order valence-corrected chi connectivity index (χ3v) is 3.39. The first-order valence-corrected chi connectivity index (χ1v) is 7.56. The van der Waals surface area contributed by atoms with Crippen LogP contribution in [0.1, 0.15) is 5.56 Å². The lowest BCUT2D eigenvalue weighted by atomic mass is 10.2. The Hall–Kier alpha value is -2.87. The predicted octanol–water partition coefficient (Wildman–Crippen LogP) is 2.25. The first kappa shape index (κ1) is 17.5. The van der Waals surface area contributed by atoms with E-state index in [1.54, 1.807) is 36.4 Å². The van der Waals surface area contributed by atoms with E-state index < -0.39 is 11.8 Å². The average molecular weight is 392 g/mol. The topological polar surface area (TPSA) is 100 Å². The second-order valence-electron chi connectivity index (χ2n) is 4.59. The Balaban J connectivity index is 1.95. The minimum atomic E-state index is -0.941. The molecule has 2 aromatic rings. The lowest BCUT2D eigenvalue weighted by molar-refractivity contribution is -0.136. The fraction of sp³-hybridized carbons (Fsp3) is 0.0625. The molecule has 0 aliphatic carbocycles. The number of benzene rings is 2. The Morgan fingerprint density at radius 3 is 2.75 bits per heavy atom. The van der Waals surface area contributed by atoms with Gasteiger partial charge in [-0.05, 0) is 30.3 Å². The molecule has 0 aliphatic heterocycles. The quantitative estimate of drug-likeness (QED) is 0.422. The number of phenols is 1. The van der Waals surface area contributed by atoms with Gasteiger partial charge in [-0.25, -0.2) is 5.43 Å². The van der Waals surface area contributed by atoms with Gasteiger partial charge in [-0.3, -0.25) is 9.59 Å². The summed E-state index contributed by atoms with van der Waals surface area (Å²) in [6.07, 6.45) is 1.23. The Morgan fingerprint density at radius 1 is 1.21 bits per heavy atom. The molecule has 124 valence electrons. The molecule has 0 spiro atoms. The van der Waals surface area contributed by atoms with E-state index in [0.29, 0.717) is 17.0 Å². The minimum Gasteiger partial charge on any atom is -0.507 e. The number of nitrogens with one attached hydrogen (secondary N) is 2. The van der Waals surface area contributed by atoms with Crippen LogP contribution in [0.5, 0.6) is 11.5 Å². The van der Waals surface area contributed by atoms with E-state index >= 15 is 0 Å². The number of halogens is 1. The van der Waals surface area contributed by atoms with Gasteiger partial charge in [-0.2, -0.15) is 5.10 Å². The van der Waals surface area contributed by atoms with Gasteiger partial charge in [0.25, 0.3) is 0 Å². The van der Waals surface area contributed by atoms with Crippen LogP contribution in [-0.2, 0) is 9.59 Å². The van der Waals surface area contributed by atoms with Crippen LogP contribution in [0.25, 0.3) is 0 Å². The van der Waals surface area contributed by atoms with Gasteiger partial charge in [-0.15, -0.1) is 0 Å². The molecule has 0 aromatic heterocycles. The fourth-order valence-corrected chi connectivity index (χ4v) is 2.11. The first-order valence-electron chi connectivity index (χ1n) is 6.76. The number of anilines is 1. The van der Waals surface area contributed by atoms with Crippen molar-refractivity contribution in [1.29, 1.82) is 0 Å². The zero-order chi connectivity index (χ0) is 17.5. The van der Waals surface area contributed by atoms with Gasteiger partial charge in [0.1, 0.15) is 11.5 Å². The normalized spacial score (nSPS) is 10.4. The number of rotatable bonds is 4. The van der Waals surface area contributed by atoms with Crippen LogP contribution in [0.15, 0.2) is 52.0 Å². The summed E-state index contributed by atoms with van der Waals surface area (Å²) >= 11 is 3.25. The SMILES string of the molecule is COc1cccc(NC(=O)C(=O)NN=Cc2cc(Br)ccc2O)c1. The summed E-state index contributed by atoms with van der Waals surface area (Å²) in [6.45, 7) is 0. The minimum absolute atomic E-state index is 0.00275. The summed E-state index contributed by atoms with van der Waals surface area (Å²) < 4.78 is 5.77. The molecule has 0 aliphatic rings. The largest absolute Gasteiger partial charge is 0.507 e. The van der Waals surface area contributed by atoms with Crippen molar-refractivity contribution < 1.29 is 19.4 Å². The number of phenolic OH excluding ortho intramolecular Hbond substituents is 1. The van der Waals surface area contributed by atoms with E-state index in [1.165, 1.54) is 19.4 Å². The van der Waals surface area contributed by atoms with Crippen molar-refractivity contribution in [3.05, 3.63) is 52.5 Å². The monoisotopic (exact) mass is 391 g/mol. The number of hydrogen-bond acceptors (Lipinski definition) is 5. The number of nitrogens with zero attached hydrogens (tertiary/aromatic N) is 1.